The highest BCUT2D eigenvalue weighted by Crippen LogP contribution is 2.10. The van der Waals surface area contributed by atoms with Gasteiger partial charge in [-0.2, -0.15) is 0 Å². The molecule has 0 aromatic heterocycles. The minimum Gasteiger partial charge on any atom is -0.351 e. The molecule has 1 aromatic rings. The summed E-state index contributed by atoms with van der Waals surface area (Å²) in [5, 5.41) is 5.35. The van der Waals surface area contributed by atoms with E-state index in [1.807, 2.05) is 0 Å². The molecule has 0 aliphatic rings. The molecule has 26 heavy (non-hydrogen) atoms. The molecule has 2 N–H and O–H groups in total. The third kappa shape index (κ3) is 7.79. The molecule has 0 unspecified atom stereocenters. The van der Waals surface area contributed by atoms with Crippen LogP contribution in [0.5, 0.6) is 0 Å². The average molecular weight is 381 g/mol. The van der Waals surface area contributed by atoms with Crippen LogP contribution in [-0.2, 0) is 14.6 Å². The van der Waals surface area contributed by atoms with E-state index in [2.05, 4.69) is 36.0 Å². The van der Waals surface area contributed by atoms with Crippen LogP contribution in [0.2, 0.25) is 0 Å². The highest BCUT2D eigenvalue weighted by molar-refractivity contribution is 7.92. The molecular weight excluding hydrogens is 354 g/mol. The van der Waals surface area contributed by atoms with Crippen LogP contribution in [0.15, 0.2) is 36.9 Å². The third-order valence-corrected chi connectivity index (χ3v) is 5.21. The summed E-state index contributed by atoms with van der Waals surface area (Å²) in [6.07, 6.45) is 1.25. The molecule has 7 nitrogen and oxygen atoms in total. The Bertz CT molecular complexity index is 710. The van der Waals surface area contributed by atoms with Crippen LogP contribution in [0, 0.1) is 0 Å². The van der Waals surface area contributed by atoms with Crippen LogP contribution in [0.4, 0.5) is 5.69 Å². The van der Waals surface area contributed by atoms with Crippen LogP contribution in [0.1, 0.15) is 24.2 Å². The normalized spacial score (nSPS) is 11.2. The van der Waals surface area contributed by atoms with Crippen molar-refractivity contribution in [2.45, 2.75) is 13.8 Å². The first-order valence-electron chi connectivity index (χ1n) is 8.53. The Hall–Kier alpha value is -2.19. The van der Waals surface area contributed by atoms with Gasteiger partial charge in [-0.25, -0.2) is 8.42 Å². The lowest BCUT2D eigenvalue weighted by Crippen LogP contribution is -2.34. The fraction of sp³-hybridized carbons (Fsp3) is 0.444. The van der Waals surface area contributed by atoms with Gasteiger partial charge in [0, 0.05) is 24.3 Å². The molecule has 8 heteroatoms. The summed E-state index contributed by atoms with van der Waals surface area (Å²) in [7, 11) is -3.49. The molecule has 0 radical (unpaired) electrons. The summed E-state index contributed by atoms with van der Waals surface area (Å²) in [4.78, 5) is 26.1. The van der Waals surface area contributed by atoms with Gasteiger partial charge < -0.3 is 15.5 Å². The van der Waals surface area contributed by atoms with E-state index in [0.717, 1.165) is 19.6 Å². The molecule has 0 aliphatic carbocycles. The summed E-state index contributed by atoms with van der Waals surface area (Å²) in [5.41, 5.74) is 0.908. The van der Waals surface area contributed by atoms with Gasteiger partial charge in [0.2, 0.25) is 5.91 Å². The molecule has 0 atom stereocenters. The number of likely N-dealkylation sites (N-methyl/N-ethyl adjacent to an activating group) is 1. The molecule has 0 saturated carbocycles. The summed E-state index contributed by atoms with van der Waals surface area (Å²) < 4.78 is 23.2. The van der Waals surface area contributed by atoms with Crippen molar-refractivity contribution in [1.29, 1.82) is 0 Å². The van der Waals surface area contributed by atoms with Gasteiger partial charge in [-0.3, -0.25) is 9.59 Å². The Balaban J connectivity index is 2.53. The number of hydrogen-bond donors (Lipinski definition) is 2. The van der Waals surface area contributed by atoms with Crippen LogP contribution in [0.25, 0.3) is 0 Å². The number of carbonyl (C=O) groups excluding carboxylic acids is 2. The van der Waals surface area contributed by atoms with Gasteiger partial charge in [0.1, 0.15) is 5.75 Å². The predicted octanol–water partition coefficient (Wildman–Crippen LogP) is 1.30. The maximum atomic E-state index is 12.1. The van der Waals surface area contributed by atoms with Crippen molar-refractivity contribution in [1.82, 2.24) is 10.2 Å². The summed E-state index contributed by atoms with van der Waals surface area (Å²) >= 11 is 0. The molecule has 2 amide bonds. The Labute approximate surface area is 155 Å². The maximum absolute atomic E-state index is 12.1. The molecule has 1 rings (SSSR count). The van der Waals surface area contributed by atoms with E-state index in [1.54, 1.807) is 24.3 Å². The second-order valence-corrected chi connectivity index (χ2v) is 7.86. The topological polar surface area (TPSA) is 95.6 Å². The first kappa shape index (κ1) is 21.9. The van der Waals surface area contributed by atoms with Crippen molar-refractivity contribution >= 4 is 27.3 Å². The number of hydrogen-bond acceptors (Lipinski definition) is 5. The highest BCUT2D eigenvalue weighted by atomic mass is 32.2. The van der Waals surface area contributed by atoms with Gasteiger partial charge in [-0.05, 0) is 37.4 Å². The Morgan fingerprint density at radius 2 is 1.77 bits per heavy atom. The van der Waals surface area contributed by atoms with Crippen LogP contribution >= 0.6 is 0 Å². The van der Waals surface area contributed by atoms with E-state index < -0.39 is 21.5 Å². The lowest BCUT2D eigenvalue weighted by Gasteiger charge is -2.17. The number of amides is 2. The van der Waals surface area contributed by atoms with Crippen LogP contribution in [0.3, 0.4) is 0 Å². The number of rotatable bonds is 11. The lowest BCUT2D eigenvalue weighted by atomic mass is 10.2. The van der Waals surface area contributed by atoms with E-state index in [1.165, 1.54) is 6.08 Å². The number of benzene rings is 1. The van der Waals surface area contributed by atoms with Crippen molar-refractivity contribution in [3.05, 3.63) is 42.5 Å². The lowest BCUT2D eigenvalue weighted by molar-refractivity contribution is -0.113. The standard InChI is InChI=1S/C18H27N3O4S/c1-4-13-26(24,25)14-17(22)20-16-9-7-15(8-10-16)18(23)19-11-12-21(5-2)6-3/h4,7-10H,1,5-6,11-14H2,2-3H3,(H,19,23)(H,20,22). The SMILES string of the molecule is C=CCS(=O)(=O)CC(=O)Nc1ccc(C(=O)NCCN(CC)CC)cc1. The Morgan fingerprint density at radius 3 is 2.31 bits per heavy atom. The van der Waals surface area contributed by atoms with Crippen molar-refractivity contribution < 1.29 is 18.0 Å². The molecule has 0 fully saturated rings. The molecule has 0 spiro atoms. The van der Waals surface area contributed by atoms with E-state index in [4.69, 9.17) is 0 Å². The number of carbonyl (C=O) groups is 2. The zero-order chi connectivity index (χ0) is 19.6. The van der Waals surface area contributed by atoms with E-state index in [9.17, 15) is 18.0 Å². The van der Waals surface area contributed by atoms with Gasteiger partial charge in [0.25, 0.3) is 5.91 Å². The molecular formula is C18H27N3O4S. The molecule has 0 aliphatic heterocycles. The smallest absolute Gasteiger partial charge is 0.251 e. The molecule has 0 heterocycles. The van der Waals surface area contributed by atoms with Crippen molar-refractivity contribution in [3.63, 3.8) is 0 Å². The number of sulfone groups is 1. The van der Waals surface area contributed by atoms with Gasteiger partial charge in [-0.1, -0.05) is 19.9 Å². The van der Waals surface area contributed by atoms with E-state index in [0.29, 0.717) is 17.8 Å². The Morgan fingerprint density at radius 1 is 1.15 bits per heavy atom. The van der Waals surface area contributed by atoms with Gasteiger partial charge in [0.15, 0.2) is 9.84 Å². The fourth-order valence-corrected chi connectivity index (χ4v) is 3.26. The number of anilines is 1. The average Bonchev–Trinajstić information content (AvgIpc) is 2.58. The second-order valence-electron chi connectivity index (χ2n) is 5.75. The zero-order valence-electron chi connectivity index (χ0n) is 15.3. The van der Waals surface area contributed by atoms with Gasteiger partial charge in [-0.15, -0.1) is 6.58 Å². The van der Waals surface area contributed by atoms with E-state index in [-0.39, 0.29) is 11.7 Å². The molecule has 144 valence electrons. The van der Waals surface area contributed by atoms with Crippen molar-refractivity contribution in [2.75, 3.05) is 43.0 Å². The quantitative estimate of drug-likeness (QED) is 0.563. The van der Waals surface area contributed by atoms with E-state index >= 15 is 0 Å². The second kappa shape index (κ2) is 10.7. The van der Waals surface area contributed by atoms with Gasteiger partial charge >= 0.3 is 0 Å². The predicted molar refractivity (Wildman–Crippen MR) is 104 cm³/mol. The molecule has 0 bridgehead atoms. The summed E-state index contributed by atoms with van der Waals surface area (Å²) in [6, 6.07) is 6.30. The largest absolute Gasteiger partial charge is 0.351 e. The zero-order valence-corrected chi connectivity index (χ0v) is 16.1. The summed E-state index contributed by atoms with van der Waals surface area (Å²) in [5.74, 6) is -1.66. The van der Waals surface area contributed by atoms with Crippen LogP contribution < -0.4 is 10.6 Å². The summed E-state index contributed by atoms with van der Waals surface area (Å²) in [6.45, 7) is 10.7. The minimum atomic E-state index is -3.49. The first-order chi connectivity index (χ1) is 12.3. The molecule has 1 aromatic carbocycles. The highest BCUT2D eigenvalue weighted by Gasteiger charge is 2.15. The van der Waals surface area contributed by atoms with Crippen LogP contribution in [-0.4, -0.2) is 62.8 Å². The fourth-order valence-electron chi connectivity index (χ4n) is 2.31. The van der Waals surface area contributed by atoms with Crippen molar-refractivity contribution in [2.24, 2.45) is 0 Å². The minimum absolute atomic E-state index is 0.191. The third-order valence-electron chi connectivity index (χ3n) is 3.76. The van der Waals surface area contributed by atoms with Crippen molar-refractivity contribution in [3.8, 4) is 0 Å². The monoisotopic (exact) mass is 381 g/mol. The first-order valence-corrected chi connectivity index (χ1v) is 10.3. The maximum Gasteiger partial charge on any atom is 0.251 e. The number of nitrogens with zero attached hydrogens (tertiary/aromatic N) is 1. The number of nitrogens with one attached hydrogen (secondary N) is 2. The molecule has 0 saturated heterocycles. The van der Waals surface area contributed by atoms with Gasteiger partial charge in [0.05, 0.1) is 5.75 Å². The Kier molecular flexibility index (Phi) is 9.01.